The molecule has 34 heavy (non-hydrogen) atoms. The van der Waals surface area contributed by atoms with E-state index in [1.165, 1.54) is 6.07 Å². The number of hydrogen-bond acceptors (Lipinski definition) is 8. The number of piperazine rings is 1. The van der Waals surface area contributed by atoms with E-state index < -0.39 is 11.4 Å². The molecule has 2 atom stereocenters. The van der Waals surface area contributed by atoms with Crippen molar-refractivity contribution in [2.24, 2.45) is 0 Å². The molecule has 2 aliphatic heterocycles. The standard InChI is InChI=1S/C23H32ClFN6O3/c1-14-12-30(22(32)34-23(2,3)4)9-10-31(14)20-16-11-17(25)18(24)26-19(16)27-21(28-20)33-13-15-7-6-8-29(15)5/h11,14-15H,6-10,12-13H2,1-5H3/t14-,15+/m1/s1. The molecule has 2 aliphatic rings. The van der Waals surface area contributed by atoms with Crippen LogP contribution in [0.1, 0.15) is 40.5 Å². The molecule has 0 N–H and O–H groups in total. The first-order valence-electron chi connectivity index (χ1n) is 11.6. The summed E-state index contributed by atoms with van der Waals surface area (Å²) in [5.41, 5.74) is -0.296. The molecule has 11 heteroatoms. The zero-order chi connectivity index (χ0) is 24.6. The third-order valence-corrected chi connectivity index (χ3v) is 6.45. The van der Waals surface area contributed by atoms with E-state index in [1.54, 1.807) is 4.90 Å². The Morgan fingerprint density at radius 2 is 2.00 bits per heavy atom. The number of likely N-dealkylation sites (tertiary alicyclic amines) is 1. The number of halogens is 2. The molecule has 0 unspecified atom stereocenters. The Morgan fingerprint density at radius 1 is 1.24 bits per heavy atom. The fraction of sp³-hybridized carbons (Fsp3) is 0.652. The van der Waals surface area contributed by atoms with Crippen molar-refractivity contribution in [3.63, 3.8) is 0 Å². The number of aromatic nitrogens is 3. The Morgan fingerprint density at radius 3 is 2.65 bits per heavy atom. The van der Waals surface area contributed by atoms with Gasteiger partial charge in [-0.2, -0.15) is 9.97 Å². The maximum atomic E-state index is 14.3. The molecule has 2 aromatic heterocycles. The summed E-state index contributed by atoms with van der Waals surface area (Å²) in [6.45, 7) is 10.4. The van der Waals surface area contributed by atoms with Crippen LogP contribution in [0.4, 0.5) is 15.0 Å². The van der Waals surface area contributed by atoms with Gasteiger partial charge in [0.2, 0.25) is 0 Å². The van der Waals surface area contributed by atoms with E-state index in [1.807, 2.05) is 32.6 Å². The van der Waals surface area contributed by atoms with Crippen molar-refractivity contribution in [1.82, 2.24) is 24.8 Å². The van der Waals surface area contributed by atoms with E-state index in [0.717, 1.165) is 19.4 Å². The average Bonchev–Trinajstić information content (AvgIpc) is 3.16. The SMILES string of the molecule is C[C@@H]1CN(C(=O)OC(C)(C)C)CCN1c1nc(OC[C@@H]2CCCN2C)nc2nc(Cl)c(F)cc12. The summed E-state index contributed by atoms with van der Waals surface area (Å²) in [6.07, 6.45) is 1.83. The maximum Gasteiger partial charge on any atom is 0.410 e. The molecule has 4 rings (SSSR count). The molecule has 0 bridgehead atoms. The van der Waals surface area contributed by atoms with Crippen molar-refractivity contribution in [3.05, 3.63) is 17.0 Å². The highest BCUT2D eigenvalue weighted by molar-refractivity contribution is 6.30. The van der Waals surface area contributed by atoms with Gasteiger partial charge in [-0.1, -0.05) is 11.6 Å². The van der Waals surface area contributed by atoms with Crippen LogP contribution in [0.3, 0.4) is 0 Å². The number of fused-ring (bicyclic) bond motifs is 1. The topological polar surface area (TPSA) is 83.9 Å². The minimum absolute atomic E-state index is 0.105. The number of rotatable bonds is 4. The van der Waals surface area contributed by atoms with E-state index in [0.29, 0.717) is 43.5 Å². The molecule has 2 aromatic rings. The first kappa shape index (κ1) is 24.7. The van der Waals surface area contributed by atoms with Crippen LogP contribution in [-0.4, -0.2) is 88.4 Å². The molecule has 0 aliphatic carbocycles. The van der Waals surface area contributed by atoms with Gasteiger partial charge in [0.05, 0.1) is 5.39 Å². The van der Waals surface area contributed by atoms with Crippen molar-refractivity contribution in [3.8, 4) is 6.01 Å². The zero-order valence-corrected chi connectivity index (χ0v) is 21.1. The van der Waals surface area contributed by atoms with Crippen molar-refractivity contribution in [2.75, 3.05) is 44.7 Å². The van der Waals surface area contributed by atoms with Gasteiger partial charge in [-0.15, -0.1) is 0 Å². The number of carbonyl (C=O) groups is 1. The third-order valence-electron chi connectivity index (χ3n) is 6.18. The summed E-state index contributed by atoms with van der Waals surface area (Å²) in [4.78, 5) is 31.7. The van der Waals surface area contributed by atoms with Crippen molar-refractivity contribution in [2.45, 2.75) is 58.2 Å². The van der Waals surface area contributed by atoms with E-state index in [-0.39, 0.29) is 28.9 Å². The zero-order valence-electron chi connectivity index (χ0n) is 20.3. The lowest BCUT2D eigenvalue weighted by atomic mass is 10.1. The molecular weight excluding hydrogens is 463 g/mol. The van der Waals surface area contributed by atoms with E-state index in [4.69, 9.17) is 21.1 Å². The fourth-order valence-electron chi connectivity index (χ4n) is 4.38. The third kappa shape index (κ3) is 5.43. The molecule has 0 aromatic carbocycles. The van der Waals surface area contributed by atoms with Gasteiger partial charge in [0.15, 0.2) is 16.6 Å². The minimum atomic E-state index is -0.639. The van der Waals surface area contributed by atoms with E-state index in [2.05, 4.69) is 26.9 Å². The molecule has 186 valence electrons. The number of amides is 1. The summed E-state index contributed by atoms with van der Waals surface area (Å²) in [6, 6.07) is 1.68. The number of ether oxygens (including phenoxy) is 2. The van der Waals surface area contributed by atoms with Crippen LogP contribution in [0.15, 0.2) is 6.07 Å². The summed E-state index contributed by atoms with van der Waals surface area (Å²) >= 11 is 5.95. The Labute approximate surface area is 204 Å². The molecule has 4 heterocycles. The normalized spacial score (nSPS) is 21.9. The minimum Gasteiger partial charge on any atom is -0.462 e. The van der Waals surface area contributed by atoms with Crippen LogP contribution in [0.25, 0.3) is 11.0 Å². The number of anilines is 1. The fourth-order valence-corrected chi connectivity index (χ4v) is 4.52. The number of likely N-dealkylation sites (N-methyl/N-ethyl adjacent to an activating group) is 1. The lowest BCUT2D eigenvalue weighted by Crippen LogP contribution is -2.55. The average molecular weight is 495 g/mol. The monoisotopic (exact) mass is 494 g/mol. The molecule has 2 saturated heterocycles. The van der Waals surface area contributed by atoms with Crippen LogP contribution in [0.2, 0.25) is 5.15 Å². The highest BCUT2D eigenvalue weighted by Crippen LogP contribution is 2.31. The van der Waals surface area contributed by atoms with Crippen LogP contribution in [0, 0.1) is 5.82 Å². The van der Waals surface area contributed by atoms with E-state index in [9.17, 15) is 9.18 Å². The molecule has 9 nitrogen and oxygen atoms in total. The van der Waals surface area contributed by atoms with Gasteiger partial charge in [-0.25, -0.2) is 14.2 Å². The number of nitrogens with zero attached hydrogens (tertiary/aromatic N) is 6. The largest absolute Gasteiger partial charge is 0.462 e. The first-order valence-corrected chi connectivity index (χ1v) is 12.0. The molecule has 2 fully saturated rings. The van der Waals surface area contributed by atoms with Crippen LogP contribution < -0.4 is 9.64 Å². The Hall–Kier alpha value is -2.46. The summed E-state index contributed by atoms with van der Waals surface area (Å²) in [5, 5.41) is 0.200. The van der Waals surface area contributed by atoms with Crippen LogP contribution in [-0.2, 0) is 4.74 Å². The lowest BCUT2D eigenvalue weighted by molar-refractivity contribution is 0.0218. The summed E-state index contributed by atoms with van der Waals surface area (Å²) in [5.74, 6) is -0.125. The van der Waals surface area contributed by atoms with Crippen LogP contribution in [0.5, 0.6) is 6.01 Å². The van der Waals surface area contributed by atoms with Gasteiger partial charge < -0.3 is 24.2 Å². The van der Waals surface area contributed by atoms with Gasteiger partial charge >= 0.3 is 12.1 Å². The van der Waals surface area contributed by atoms with Crippen molar-refractivity contribution in [1.29, 1.82) is 0 Å². The number of carbonyl (C=O) groups excluding carboxylic acids is 1. The highest BCUT2D eigenvalue weighted by Gasteiger charge is 2.32. The quantitative estimate of drug-likeness (QED) is 0.594. The van der Waals surface area contributed by atoms with Gasteiger partial charge in [0.25, 0.3) is 0 Å². The van der Waals surface area contributed by atoms with Gasteiger partial charge in [0, 0.05) is 31.7 Å². The lowest BCUT2D eigenvalue weighted by Gasteiger charge is -2.41. The molecule has 0 saturated carbocycles. The Balaban J connectivity index is 1.60. The van der Waals surface area contributed by atoms with Crippen molar-refractivity contribution >= 4 is 34.5 Å². The van der Waals surface area contributed by atoms with Crippen LogP contribution >= 0.6 is 11.6 Å². The number of hydrogen-bond donors (Lipinski definition) is 0. The van der Waals surface area contributed by atoms with E-state index >= 15 is 0 Å². The first-order chi connectivity index (χ1) is 16.0. The second-order valence-electron chi connectivity index (χ2n) is 10.0. The molecular formula is C23H32ClFN6O3. The summed E-state index contributed by atoms with van der Waals surface area (Å²) < 4.78 is 25.8. The molecule has 0 spiro atoms. The van der Waals surface area contributed by atoms with Crippen molar-refractivity contribution < 1.29 is 18.7 Å². The Kier molecular flexibility index (Phi) is 7.00. The number of pyridine rings is 1. The predicted molar refractivity (Wildman–Crippen MR) is 128 cm³/mol. The highest BCUT2D eigenvalue weighted by atomic mass is 35.5. The second-order valence-corrected chi connectivity index (χ2v) is 10.4. The smallest absolute Gasteiger partial charge is 0.410 e. The second kappa shape index (κ2) is 9.65. The van der Waals surface area contributed by atoms with Gasteiger partial charge in [-0.05, 0) is 60.2 Å². The maximum absolute atomic E-state index is 14.3. The summed E-state index contributed by atoms with van der Waals surface area (Å²) in [7, 11) is 2.07. The molecule has 0 radical (unpaired) electrons. The predicted octanol–water partition coefficient (Wildman–Crippen LogP) is 3.74. The van der Waals surface area contributed by atoms with Gasteiger partial charge in [-0.3, -0.25) is 0 Å². The van der Waals surface area contributed by atoms with Gasteiger partial charge in [0.1, 0.15) is 18.0 Å². The molecule has 1 amide bonds. The Bertz CT molecular complexity index is 1070.